The quantitative estimate of drug-likeness (QED) is 0.836. The molecule has 0 N–H and O–H groups in total. The molecule has 4 nitrogen and oxygen atoms in total. The molecule has 6 heteroatoms. The summed E-state index contributed by atoms with van der Waals surface area (Å²) in [5, 5.41) is 0. The number of nitrogens with zero attached hydrogens (tertiary/aromatic N) is 2. The molecule has 1 saturated heterocycles. The van der Waals surface area contributed by atoms with Crippen LogP contribution in [-0.4, -0.2) is 29.4 Å². The number of imide groups is 1. The second-order valence-electron chi connectivity index (χ2n) is 5.00. The van der Waals surface area contributed by atoms with Gasteiger partial charge in [0.25, 0.3) is 0 Å². The molecule has 1 fully saturated rings. The van der Waals surface area contributed by atoms with Crippen molar-refractivity contribution in [2.45, 2.75) is 32.7 Å². The maximum absolute atomic E-state index is 13.8. The van der Waals surface area contributed by atoms with E-state index >= 15 is 0 Å². The summed E-state index contributed by atoms with van der Waals surface area (Å²) in [7, 11) is 0. The van der Waals surface area contributed by atoms with Gasteiger partial charge in [-0.2, -0.15) is 0 Å². The van der Waals surface area contributed by atoms with E-state index in [0.717, 1.165) is 17.0 Å². The van der Waals surface area contributed by atoms with Gasteiger partial charge in [-0.1, -0.05) is 0 Å². The van der Waals surface area contributed by atoms with Gasteiger partial charge in [0, 0.05) is 25.1 Å². The Labute approximate surface area is 116 Å². The number of anilines is 1. The predicted octanol–water partition coefficient (Wildman–Crippen LogP) is 2.92. The second-order valence-corrected chi connectivity index (χ2v) is 5.00. The Morgan fingerprint density at radius 3 is 2.50 bits per heavy atom. The molecule has 0 radical (unpaired) electrons. The Kier molecular flexibility index (Phi) is 4.01. The van der Waals surface area contributed by atoms with Crippen molar-refractivity contribution in [1.82, 2.24) is 4.90 Å². The van der Waals surface area contributed by atoms with Gasteiger partial charge in [-0.25, -0.2) is 18.5 Å². The molecule has 1 aliphatic heterocycles. The van der Waals surface area contributed by atoms with Crippen LogP contribution < -0.4 is 4.90 Å². The van der Waals surface area contributed by atoms with Crippen LogP contribution >= 0.6 is 0 Å². The van der Waals surface area contributed by atoms with Gasteiger partial charge in [0.1, 0.15) is 11.6 Å². The first kappa shape index (κ1) is 14.4. The molecule has 0 unspecified atom stereocenters. The molecule has 108 valence electrons. The zero-order valence-electron chi connectivity index (χ0n) is 11.4. The molecular formula is C14H16F2N2O2. The molecule has 1 heterocycles. The zero-order chi connectivity index (χ0) is 14.9. The van der Waals surface area contributed by atoms with Gasteiger partial charge in [-0.05, 0) is 32.4 Å². The number of rotatable bonds is 2. The van der Waals surface area contributed by atoms with Gasteiger partial charge in [-0.15, -0.1) is 0 Å². The number of urea groups is 1. The average molecular weight is 282 g/mol. The van der Waals surface area contributed by atoms with Crippen molar-refractivity contribution in [2.24, 2.45) is 0 Å². The van der Waals surface area contributed by atoms with Gasteiger partial charge in [0.2, 0.25) is 5.91 Å². The fourth-order valence-electron chi connectivity index (χ4n) is 2.22. The molecule has 0 spiro atoms. The predicted molar refractivity (Wildman–Crippen MR) is 70.3 cm³/mol. The highest BCUT2D eigenvalue weighted by Gasteiger charge is 2.33. The van der Waals surface area contributed by atoms with E-state index in [2.05, 4.69) is 0 Å². The summed E-state index contributed by atoms with van der Waals surface area (Å²) >= 11 is 0. The lowest BCUT2D eigenvalue weighted by molar-refractivity contribution is -0.117. The molecule has 3 amide bonds. The Morgan fingerprint density at radius 2 is 1.90 bits per heavy atom. The van der Waals surface area contributed by atoms with Crippen molar-refractivity contribution < 1.29 is 18.4 Å². The van der Waals surface area contributed by atoms with Crippen LogP contribution in [0.2, 0.25) is 0 Å². The monoisotopic (exact) mass is 282 g/mol. The van der Waals surface area contributed by atoms with Crippen molar-refractivity contribution in [1.29, 1.82) is 0 Å². The maximum atomic E-state index is 13.8. The van der Waals surface area contributed by atoms with Gasteiger partial charge in [0.05, 0.1) is 5.69 Å². The molecule has 0 bridgehead atoms. The van der Waals surface area contributed by atoms with Crippen LogP contribution in [0.1, 0.15) is 26.7 Å². The Balaban J connectivity index is 2.44. The van der Waals surface area contributed by atoms with Crippen molar-refractivity contribution in [3.8, 4) is 0 Å². The van der Waals surface area contributed by atoms with Crippen molar-refractivity contribution in [3.05, 3.63) is 29.8 Å². The minimum absolute atomic E-state index is 0.0978. The SMILES string of the molecule is CC(C)N1CCCC(=O)N(c2ccc(F)cc2F)C1=O. The maximum Gasteiger partial charge on any atom is 0.331 e. The minimum atomic E-state index is -0.919. The molecular weight excluding hydrogens is 266 g/mol. The number of halogens is 2. The summed E-state index contributed by atoms with van der Waals surface area (Å²) in [6.07, 6.45) is 0.688. The smallest absolute Gasteiger partial charge is 0.322 e. The number of amides is 3. The normalized spacial score (nSPS) is 16.9. The van der Waals surface area contributed by atoms with Gasteiger partial charge < -0.3 is 4.90 Å². The molecule has 1 aliphatic rings. The summed E-state index contributed by atoms with van der Waals surface area (Å²) in [4.78, 5) is 26.8. The average Bonchev–Trinajstić information content (AvgIpc) is 2.50. The molecule has 0 atom stereocenters. The summed E-state index contributed by atoms with van der Waals surface area (Å²) in [6.45, 7) is 4.10. The summed E-state index contributed by atoms with van der Waals surface area (Å²) in [5.74, 6) is -2.14. The van der Waals surface area contributed by atoms with Crippen molar-refractivity contribution in [3.63, 3.8) is 0 Å². The van der Waals surface area contributed by atoms with Crippen LogP contribution in [0.3, 0.4) is 0 Å². The molecule has 1 aromatic rings. The van der Waals surface area contributed by atoms with E-state index in [1.807, 2.05) is 13.8 Å². The molecule has 1 aromatic carbocycles. The van der Waals surface area contributed by atoms with Crippen LogP contribution in [0.15, 0.2) is 18.2 Å². The van der Waals surface area contributed by atoms with Gasteiger partial charge in [-0.3, -0.25) is 4.79 Å². The molecule has 0 saturated carbocycles. The van der Waals surface area contributed by atoms with E-state index in [0.29, 0.717) is 19.0 Å². The number of carbonyl (C=O) groups is 2. The topological polar surface area (TPSA) is 40.6 Å². The fraction of sp³-hybridized carbons (Fsp3) is 0.429. The fourth-order valence-corrected chi connectivity index (χ4v) is 2.22. The van der Waals surface area contributed by atoms with Crippen molar-refractivity contribution in [2.75, 3.05) is 11.4 Å². The minimum Gasteiger partial charge on any atom is -0.322 e. The Hall–Kier alpha value is -1.98. The zero-order valence-corrected chi connectivity index (χ0v) is 11.4. The summed E-state index contributed by atoms with van der Waals surface area (Å²) < 4.78 is 26.8. The number of hydrogen-bond acceptors (Lipinski definition) is 2. The van der Waals surface area contributed by atoms with Crippen LogP contribution in [0.4, 0.5) is 19.3 Å². The third kappa shape index (κ3) is 2.64. The Morgan fingerprint density at radius 1 is 1.20 bits per heavy atom. The van der Waals surface area contributed by atoms with E-state index in [1.54, 1.807) is 0 Å². The standard InChI is InChI=1S/C14H16F2N2O2/c1-9(2)17-7-3-4-13(19)18(14(17)20)12-6-5-10(15)8-11(12)16/h5-6,8-9H,3-4,7H2,1-2H3. The first-order valence-electron chi connectivity index (χ1n) is 6.50. The molecule has 2 rings (SSSR count). The van der Waals surface area contributed by atoms with E-state index in [9.17, 15) is 18.4 Å². The number of carbonyl (C=O) groups excluding carboxylic acids is 2. The van der Waals surface area contributed by atoms with E-state index < -0.39 is 23.6 Å². The third-order valence-corrected chi connectivity index (χ3v) is 3.25. The lowest BCUT2D eigenvalue weighted by atomic mass is 10.2. The largest absolute Gasteiger partial charge is 0.331 e. The second kappa shape index (κ2) is 5.56. The van der Waals surface area contributed by atoms with Crippen molar-refractivity contribution >= 4 is 17.6 Å². The highest BCUT2D eigenvalue weighted by molar-refractivity contribution is 6.14. The summed E-state index contributed by atoms with van der Waals surface area (Å²) in [6, 6.07) is 2.15. The molecule has 0 aliphatic carbocycles. The van der Waals surface area contributed by atoms with Gasteiger partial charge in [0.15, 0.2) is 0 Å². The van der Waals surface area contributed by atoms with Crippen LogP contribution in [0.25, 0.3) is 0 Å². The molecule has 20 heavy (non-hydrogen) atoms. The first-order valence-corrected chi connectivity index (χ1v) is 6.50. The lowest BCUT2D eigenvalue weighted by Crippen LogP contribution is -2.47. The highest BCUT2D eigenvalue weighted by atomic mass is 19.1. The summed E-state index contributed by atoms with van der Waals surface area (Å²) in [5.41, 5.74) is -0.200. The van der Waals surface area contributed by atoms with E-state index in [4.69, 9.17) is 0 Å². The Bertz CT molecular complexity index is 546. The highest BCUT2D eigenvalue weighted by Crippen LogP contribution is 2.25. The van der Waals surface area contributed by atoms with E-state index in [-0.39, 0.29) is 18.2 Å². The first-order chi connectivity index (χ1) is 9.41. The molecule has 0 aromatic heterocycles. The van der Waals surface area contributed by atoms with Gasteiger partial charge >= 0.3 is 6.03 Å². The third-order valence-electron chi connectivity index (χ3n) is 3.25. The number of benzene rings is 1. The van der Waals surface area contributed by atoms with Crippen LogP contribution in [-0.2, 0) is 4.79 Å². The lowest BCUT2D eigenvalue weighted by Gasteiger charge is -2.29. The van der Waals surface area contributed by atoms with E-state index in [1.165, 1.54) is 4.90 Å². The number of hydrogen-bond donors (Lipinski definition) is 0. The van der Waals surface area contributed by atoms with Crippen LogP contribution in [0.5, 0.6) is 0 Å². The van der Waals surface area contributed by atoms with Crippen LogP contribution in [0, 0.1) is 11.6 Å².